The Morgan fingerprint density at radius 2 is 1.95 bits per heavy atom. The van der Waals surface area contributed by atoms with Crippen LogP contribution in [0, 0.1) is 13.8 Å². The normalized spacial score (nSPS) is 14.0. The Balaban J connectivity index is 3.24. The van der Waals surface area contributed by atoms with E-state index in [9.17, 15) is 5.11 Å². The molecule has 3 nitrogen and oxygen atoms in total. The van der Waals surface area contributed by atoms with Gasteiger partial charge in [0, 0.05) is 10.6 Å². The Kier molecular flexibility index (Phi) is 7.50. The van der Waals surface area contributed by atoms with Gasteiger partial charge in [0.05, 0.1) is 19.3 Å². The van der Waals surface area contributed by atoms with Gasteiger partial charge in [-0.05, 0) is 56.2 Å². The molecule has 0 fully saturated rings. The van der Waals surface area contributed by atoms with Gasteiger partial charge < -0.3 is 14.9 Å². The molecule has 0 aliphatic rings. The van der Waals surface area contributed by atoms with Gasteiger partial charge in [-0.25, -0.2) is 0 Å². The smallest absolute Gasteiger partial charge is 0.123 e. The number of rotatable bonds is 8. The molecule has 0 amide bonds. The molecule has 0 aliphatic carbocycles. The summed E-state index contributed by atoms with van der Waals surface area (Å²) in [6, 6.07) is 1.98. The van der Waals surface area contributed by atoms with E-state index in [2.05, 4.69) is 13.8 Å². The summed E-state index contributed by atoms with van der Waals surface area (Å²) < 4.78 is 5.90. The van der Waals surface area contributed by atoms with Crippen molar-refractivity contribution >= 4 is 11.6 Å². The van der Waals surface area contributed by atoms with Crippen molar-refractivity contribution in [2.75, 3.05) is 13.2 Å². The molecule has 4 heteroatoms. The molecular formula is C17H27ClO3. The maximum Gasteiger partial charge on any atom is 0.123 e. The van der Waals surface area contributed by atoms with Crippen molar-refractivity contribution in [3.8, 4) is 5.75 Å². The number of hydrogen-bond acceptors (Lipinski definition) is 3. The highest BCUT2D eigenvalue weighted by Gasteiger charge is 2.23. The van der Waals surface area contributed by atoms with Gasteiger partial charge in [0.1, 0.15) is 5.75 Å². The molecule has 0 saturated heterocycles. The van der Waals surface area contributed by atoms with Gasteiger partial charge in [-0.3, -0.25) is 0 Å². The lowest BCUT2D eigenvalue weighted by molar-refractivity contribution is 0.0814. The second-order valence-electron chi connectivity index (χ2n) is 5.57. The number of aryl methyl sites for hydroxylation is 1. The Morgan fingerprint density at radius 1 is 1.29 bits per heavy atom. The molecule has 0 saturated carbocycles. The van der Waals surface area contributed by atoms with Gasteiger partial charge in [0.25, 0.3) is 0 Å². The third kappa shape index (κ3) is 4.60. The highest BCUT2D eigenvalue weighted by molar-refractivity contribution is 6.32. The quantitative estimate of drug-likeness (QED) is 0.763. The summed E-state index contributed by atoms with van der Waals surface area (Å²) in [5, 5.41) is 19.6. The fourth-order valence-corrected chi connectivity index (χ4v) is 2.82. The third-order valence-electron chi connectivity index (χ3n) is 3.82. The molecule has 21 heavy (non-hydrogen) atoms. The third-order valence-corrected chi connectivity index (χ3v) is 4.40. The van der Waals surface area contributed by atoms with Gasteiger partial charge in [-0.1, -0.05) is 25.4 Å². The first-order valence-corrected chi connectivity index (χ1v) is 8.05. The molecule has 120 valence electrons. The molecule has 2 N–H and O–H groups in total. The van der Waals surface area contributed by atoms with E-state index in [1.807, 2.05) is 19.9 Å². The van der Waals surface area contributed by atoms with E-state index in [1.165, 1.54) is 0 Å². The zero-order valence-corrected chi connectivity index (χ0v) is 14.2. The monoisotopic (exact) mass is 314 g/mol. The SMILES string of the molecule is CCCOc1cc(C)c(Cl)c(C)c1C(CC)CC(O)CO. The Morgan fingerprint density at radius 3 is 2.48 bits per heavy atom. The highest BCUT2D eigenvalue weighted by Crippen LogP contribution is 2.39. The Hall–Kier alpha value is -0.770. The van der Waals surface area contributed by atoms with Gasteiger partial charge >= 0.3 is 0 Å². The fourth-order valence-electron chi connectivity index (χ4n) is 2.67. The molecule has 0 aromatic heterocycles. The maximum absolute atomic E-state index is 9.78. The van der Waals surface area contributed by atoms with E-state index in [0.29, 0.717) is 13.0 Å². The van der Waals surface area contributed by atoms with Gasteiger partial charge in [0.15, 0.2) is 0 Å². The van der Waals surface area contributed by atoms with Crippen LogP contribution in [0.2, 0.25) is 5.02 Å². The second kappa shape index (κ2) is 8.62. The first kappa shape index (κ1) is 18.3. The van der Waals surface area contributed by atoms with Crippen molar-refractivity contribution in [2.24, 2.45) is 0 Å². The van der Waals surface area contributed by atoms with Crippen LogP contribution in [0.4, 0.5) is 0 Å². The lowest BCUT2D eigenvalue weighted by Gasteiger charge is -2.24. The topological polar surface area (TPSA) is 49.7 Å². The van der Waals surface area contributed by atoms with Crippen molar-refractivity contribution in [2.45, 2.75) is 59.0 Å². The second-order valence-corrected chi connectivity index (χ2v) is 5.95. The molecular weight excluding hydrogens is 288 g/mol. The van der Waals surface area contributed by atoms with E-state index >= 15 is 0 Å². The van der Waals surface area contributed by atoms with Crippen LogP contribution in [0.15, 0.2) is 6.07 Å². The van der Waals surface area contributed by atoms with Crippen molar-refractivity contribution < 1.29 is 14.9 Å². The summed E-state index contributed by atoms with van der Waals surface area (Å²) in [4.78, 5) is 0. The molecule has 2 atom stereocenters. The van der Waals surface area contributed by atoms with Crippen LogP contribution in [-0.2, 0) is 0 Å². The lowest BCUT2D eigenvalue weighted by Crippen LogP contribution is -2.17. The molecule has 2 unspecified atom stereocenters. The van der Waals surface area contributed by atoms with Crippen molar-refractivity contribution in [3.63, 3.8) is 0 Å². The summed E-state index contributed by atoms with van der Waals surface area (Å²) in [7, 11) is 0. The number of aliphatic hydroxyl groups excluding tert-OH is 2. The van der Waals surface area contributed by atoms with E-state index in [4.69, 9.17) is 21.4 Å². The largest absolute Gasteiger partial charge is 0.493 e. The van der Waals surface area contributed by atoms with E-state index in [0.717, 1.165) is 40.3 Å². The van der Waals surface area contributed by atoms with E-state index in [-0.39, 0.29) is 12.5 Å². The summed E-state index contributed by atoms with van der Waals surface area (Å²) in [6.45, 7) is 8.55. The predicted molar refractivity (Wildman–Crippen MR) is 87.5 cm³/mol. The van der Waals surface area contributed by atoms with Crippen molar-refractivity contribution in [3.05, 3.63) is 27.8 Å². The summed E-state index contributed by atoms with van der Waals surface area (Å²) in [6.07, 6.45) is 1.60. The number of benzene rings is 1. The zero-order valence-electron chi connectivity index (χ0n) is 13.4. The van der Waals surface area contributed by atoms with Gasteiger partial charge in [-0.2, -0.15) is 0 Å². The predicted octanol–water partition coefficient (Wildman–Crippen LogP) is 3.98. The average molecular weight is 315 g/mol. The van der Waals surface area contributed by atoms with Crippen LogP contribution < -0.4 is 4.74 Å². The highest BCUT2D eigenvalue weighted by atomic mass is 35.5. The molecule has 0 aliphatic heterocycles. The fraction of sp³-hybridized carbons (Fsp3) is 0.647. The minimum atomic E-state index is -0.714. The summed E-state index contributed by atoms with van der Waals surface area (Å²) in [5.41, 5.74) is 3.08. The molecule has 1 rings (SSSR count). The first-order chi connectivity index (χ1) is 9.96. The minimum absolute atomic E-state index is 0.122. The molecule has 0 radical (unpaired) electrons. The van der Waals surface area contributed by atoms with Crippen LogP contribution in [0.5, 0.6) is 5.75 Å². The Bertz CT molecular complexity index is 460. The van der Waals surface area contributed by atoms with E-state index < -0.39 is 6.10 Å². The number of aliphatic hydroxyl groups is 2. The average Bonchev–Trinajstić information content (AvgIpc) is 2.48. The van der Waals surface area contributed by atoms with E-state index in [1.54, 1.807) is 0 Å². The lowest BCUT2D eigenvalue weighted by atomic mass is 9.86. The van der Waals surface area contributed by atoms with Crippen LogP contribution in [0.25, 0.3) is 0 Å². The van der Waals surface area contributed by atoms with Crippen LogP contribution in [0.3, 0.4) is 0 Å². The molecule has 0 spiro atoms. The van der Waals surface area contributed by atoms with Crippen LogP contribution in [0.1, 0.15) is 55.7 Å². The molecule has 0 heterocycles. The summed E-state index contributed by atoms with van der Waals surface area (Å²) >= 11 is 6.39. The van der Waals surface area contributed by atoms with Crippen LogP contribution >= 0.6 is 11.6 Å². The molecule has 1 aromatic rings. The number of hydrogen-bond donors (Lipinski definition) is 2. The maximum atomic E-state index is 9.78. The van der Waals surface area contributed by atoms with Gasteiger partial charge in [0.2, 0.25) is 0 Å². The van der Waals surface area contributed by atoms with Crippen LogP contribution in [-0.4, -0.2) is 29.5 Å². The number of ether oxygens (including phenoxy) is 1. The van der Waals surface area contributed by atoms with Crippen molar-refractivity contribution in [1.29, 1.82) is 0 Å². The first-order valence-electron chi connectivity index (χ1n) is 7.67. The number of halogens is 1. The van der Waals surface area contributed by atoms with Crippen molar-refractivity contribution in [1.82, 2.24) is 0 Å². The minimum Gasteiger partial charge on any atom is -0.493 e. The van der Waals surface area contributed by atoms with Gasteiger partial charge in [-0.15, -0.1) is 0 Å². The summed E-state index contributed by atoms with van der Waals surface area (Å²) in [5.74, 6) is 0.977. The molecule has 1 aromatic carbocycles. The molecule has 0 bridgehead atoms. The Labute approximate surface area is 132 Å². The zero-order chi connectivity index (χ0) is 16.0. The standard InChI is InChI=1S/C17H27ClO3/c1-5-7-21-15-8-11(3)17(18)12(4)16(15)13(6-2)9-14(20)10-19/h8,13-14,19-20H,5-7,9-10H2,1-4H3.